The van der Waals surface area contributed by atoms with Crippen molar-refractivity contribution in [3.05, 3.63) is 18.3 Å². The summed E-state index contributed by atoms with van der Waals surface area (Å²) < 4.78 is 2.19. The van der Waals surface area contributed by atoms with E-state index in [4.69, 9.17) is 0 Å². The van der Waals surface area contributed by atoms with Crippen molar-refractivity contribution in [2.45, 2.75) is 13.1 Å². The molecule has 0 saturated heterocycles. The Hall–Kier alpha value is -0.520. The first kappa shape index (κ1) is 8.10. The van der Waals surface area contributed by atoms with Gasteiger partial charge in [-0.1, -0.05) is 0 Å². The van der Waals surface area contributed by atoms with Gasteiger partial charge >= 0.3 is 0 Å². The predicted octanol–water partition coefficient (Wildman–Crippen LogP) is 2.03. The number of halogens is 1. The quantitative estimate of drug-likeness (QED) is 0.533. The molecule has 4 heteroatoms. The van der Waals surface area contributed by atoms with Gasteiger partial charge in [-0.05, 0) is 19.1 Å². The van der Waals surface area contributed by atoms with Crippen molar-refractivity contribution in [1.82, 2.24) is 4.98 Å². The van der Waals surface area contributed by atoms with Gasteiger partial charge in [-0.3, -0.25) is 3.11 Å². The number of hydrogen-bond acceptors (Lipinski definition) is 3. The van der Waals surface area contributed by atoms with Gasteiger partial charge in [0.1, 0.15) is 6.17 Å². The van der Waals surface area contributed by atoms with E-state index in [-0.39, 0.29) is 0 Å². The average molecular weight is 275 g/mol. The van der Waals surface area contributed by atoms with Crippen molar-refractivity contribution >= 4 is 34.4 Å². The zero-order valence-corrected chi connectivity index (χ0v) is 9.19. The molecule has 1 aliphatic heterocycles. The van der Waals surface area contributed by atoms with Crippen molar-refractivity contribution in [1.29, 1.82) is 0 Å². The van der Waals surface area contributed by atoms with Crippen molar-refractivity contribution in [3.63, 3.8) is 0 Å². The maximum absolute atomic E-state index is 4.32. The molecule has 64 valence electrons. The van der Waals surface area contributed by atoms with Gasteiger partial charge in [0.15, 0.2) is 5.82 Å². The van der Waals surface area contributed by atoms with Crippen LogP contribution in [0.2, 0.25) is 0 Å². The SMILES string of the molecule is C[C@H]1N(C)c2ncccc2N1I. The lowest BCUT2D eigenvalue weighted by molar-refractivity contribution is 0.771. The van der Waals surface area contributed by atoms with Crippen molar-refractivity contribution < 1.29 is 0 Å². The first-order valence-corrected chi connectivity index (χ1v) is 4.81. The first-order chi connectivity index (χ1) is 5.72. The molecule has 2 heterocycles. The van der Waals surface area contributed by atoms with Crippen LogP contribution >= 0.6 is 22.9 Å². The van der Waals surface area contributed by atoms with Crippen LogP contribution in [0.4, 0.5) is 11.5 Å². The number of aromatic nitrogens is 1. The van der Waals surface area contributed by atoms with Crippen molar-refractivity contribution in [2.24, 2.45) is 0 Å². The fraction of sp³-hybridized carbons (Fsp3) is 0.375. The van der Waals surface area contributed by atoms with E-state index in [1.807, 2.05) is 12.3 Å². The van der Waals surface area contributed by atoms with Gasteiger partial charge in [-0.15, -0.1) is 0 Å². The van der Waals surface area contributed by atoms with Crippen molar-refractivity contribution in [2.75, 3.05) is 15.1 Å². The highest BCUT2D eigenvalue weighted by Crippen LogP contribution is 2.38. The first-order valence-electron chi connectivity index (χ1n) is 3.84. The topological polar surface area (TPSA) is 19.4 Å². The standard InChI is InChI=1S/C8H10IN3/c1-6-11(2)8-7(12(6)9)4-3-5-10-8/h3-6H,1-2H3/t6-/m0/s1. The molecule has 0 amide bonds. The molecule has 1 aromatic heterocycles. The summed E-state index contributed by atoms with van der Waals surface area (Å²) in [4.78, 5) is 6.49. The fourth-order valence-corrected chi connectivity index (χ4v) is 2.11. The number of rotatable bonds is 0. The van der Waals surface area contributed by atoms with Crippen LogP contribution in [-0.4, -0.2) is 18.2 Å². The molecule has 0 bridgehead atoms. The summed E-state index contributed by atoms with van der Waals surface area (Å²) in [6, 6.07) is 4.06. The smallest absolute Gasteiger partial charge is 0.154 e. The molecule has 0 fully saturated rings. The fourth-order valence-electron chi connectivity index (χ4n) is 1.36. The van der Waals surface area contributed by atoms with Gasteiger partial charge in [-0.2, -0.15) is 0 Å². The van der Waals surface area contributed by atoms with Crippen LogP contribution in [0.1, 0.15) is 6.92 Å². The number of hydrogen-bond donors (Lipinski definition) is 0. The van der Waals surface area contributed by atoms with Gasteiger partial charge in [0, 0.05) is 13.2 Å². The third kappa shape index (κ3) is 0.972. The summed E-state index contributed by atoms with van der Waals surface area (Å²) in [5, 5.41) is 0. The van der Waals surface area contributed by atoms with Crippen molar-refractivity contribution in [3.8, 4) is 0 Å². The molecule has 12 heavy (non-hydrogen) atoms. The molecular formula is C8H10IN3. The second kappa shape index (κ2) is 2.76. The zero-order valence-electron chi connectivity index (χ0n) is 7.03. The second-order valence-electron chi connectivity index (χ2n) is 2.90. The van der Waals surface area contributed by atoms with Gasteiger partial charge in [0.05, 0.1) is 28.6 Å². The van der Waals surface area contributed by atoms with E-state index in [1.165, 1.54) is 5.69 Å². The molecule has 3 nitrogen and oxygen atoms in total. The summed E-state index contributed by atoms with van der Waals surface area (Å²) in [6.07, 6.45) is 2.23. The summed E-state index contributed by atoms with van der Waals surface area (Å²) >= 11 is 2.32. The highest BCUT2D eigenvalue weighted by molar-refractivity contribution is 14.1. The van der Waals surface area contributed by atoms with Crippen LogP contribution in [0.3, 0.4) is 0 Å². The molecule has 1 aliphatic rings. The molecule has 0 radical (unpaired) electrons. The molecule has 0 spiro atoms. The van der Waals surface area contributed by atoms with Gasteiger partial charge < -0.3 is 4.90 Å². The highest BCUT2D eigenvalue weighted by atomic mass is 127. The van der Waals surface area contributed by atoms with Gasteiger partial charge in [-0.25, -0.2) is 4.98 Å². The Morgan fingerprint density at radius 1 is 1.58 bits per heavy atom. The van der Waals surface area contributed by atoms with Gasteiger partial charge in [0.25, 0.3) is 0 Å². The lowest BCUT2D eigenvalue weighted by atomic mass is 10.4. The monoisotopic (exact) mass is 275 g/mol. The maximum Gasteiger partial charge on any atom is 0.154 e. The molecule has 1 aromatic rings. The molecule has 2 rings (SSSR count). The number of nitrogens with zero attached hydrogens (tertiary/aromatic N) is 3. The van der Waals surface area contributed by atoms with E-state index in [2.05, 4.69) is 55.9 Å². The van der Waals surface area contributed by atoms with Gasteiger partial charge in [0.2, 0.25) is 0 Å². The third-order valence-corrected chi connectivity index (χ3v) is 3.54. The van der Waals surface area contributed by atoms with Crippen LogP contribution in [0.25, 0.3) is 0 Å². The molecule has 0 saturated carbocycles. The Morgan fingerprint density at radius 2 is 2.33 bits per heavy atom. The Bertz CT molecular complexity index is 273. The number of anilines is 2. The lowest BCUT2D eigenvalue weighted by Gasteiger charge is -2.20. The molecular weight excluding hydrogens is 265 g/mol. The average Bonchev–Trinajstić information content (AvgIpc) is 2.33. The predicted molar refractivity (Wildman–Crippen MR) is 58.6 cm³/mol. The molecule has 1 atom stereocenters. The molecule has 0 aliphatic carbocycles. The summed E-state index contributed by atoms with van der Waals surface area (Å²) in [6.45, 7) is 2.16. The molecule has 0 aromatic carbocycles. The van der Waals surface area contributed by atoms with E-state index in [1.54, 1.807) is 0 Å². The van der Waals surface area contributed by atoms with Crippen LogP contribution in [0, 0.1) is 0 Å². The minimum atomic E-state index is 0.399. The van der Waals surface area contributed by atoms with Crippen LogP contribution in [-0.2, 0) is 0 Å². The van der Waals surface area contributed by atoms with E-state index in [9.17, 15) is 0 Å². The highest BCUT2D eigenvalue weighted by Gasteiger charge is 2.29. The van der Waals surface area contributed by atoms with Crippen LogP contribution in [0.15, 0.2) is 18.3 Å². The minimum absolute atomic E-state index is 0.399. The molecule has 0 unspecified atom stereocenters. The zero-order chi connectivity index (χ0) is 8.72. The summed E-state index contributed by atoms with van der Waals surface area (Å²) in [7, 11) is 2.06. The third-order valence-electron chi connectivity index (χ3n) is 2.22. The molecule has 0 N–H and O–H groups in total. The Labute approximate surface area is 85.9 Å². The Morgan fingerprint density at radius 3 is 3.00 bits per heavy atom. The normalized spacial score (nSPS) is 21.4. The largest absolute Gasteiger partial charge is 0.337 e. The summed E-state index contributed by atoms with van der Waals surface area (Å²) in [5.41, 5.74) is 1.20. The van der Waals surface area contributed by atoms with E-state index in [0.29, 0.717) is 6.17 Å². The van der Waals surface area contributed by atoms with E-state index < -0.39 is 0 Å². The maximum atomic E-state index is 4.32. The van der Waals surface area contributed by atoms with E-state index in [0.717, 1.165) is 5.82 Å². The lowest BCUT2D eigenvalue weighted by Crippen LogP contribution is -2.32. The second-order valence-corrected chi connectivity index (χ2v) is 3.94. The van der Waals surface area contributed by atoms with E-state index >= 15 is 0 Å². The Kier molecular flexibility index (Phi) is 1.86. The van der Waals surface area contributed by atoms with Crippen LogP contribution < -0.4 is 8.01 Å². The summed E-state index contributed by atoms with van der Waals surface area (Å²) in [5.74, 6) is 1.07. The Balaban J connectivity index is 2.52. The number of pyridine rings is 1. The van der Waals surface area contributed by atoms with Crippen LogP contribution in [0.5, 0.6) is 0 Å². The minimum Gasteiger partial charge on any atom is -0.337 e. The number of fused-ring (bicyclic) bond motifs is 1.